The van der Waals surface area contributed by atoms with Crippen LogP contribution in [0.3, 0.4) is 0 Å². The molecule has 138 valence electrons. The molecule has 3 aromatic carbocycles. The Bertz CT molecular complexity index is 823. The van der Waals surface area contributed by atoms with Crippen LogP contribution in [0.4, 0.5) is 0 Å². The zero-order chi connectivity index (χ0) is 19.5. The summed E-state index contributed by atoms with van der Waals surface area (Å²) in [5.41, 5.74) is 6.35. The molecule has 0 aliphatic heterocycles. The molecule has 0 atom stereocenters. The zero-order valence-corrected chi connectivity index (χ0v) is 16.9. The third-order valence-electron chi connectivity index (χ3n) is 4.32. The lowest BCUT2D eigenvalue weighted by Gasteiger charge is -2.05. The van der Waals surface area contributed by atoms with Gasteiger partial charge in [-0.1, -0.05) is 130 Å². The van der Waals surface area contributed by atoms with E-state index in [9.17, 15) is 0 Å². The Labute approximate surface area is 164 Å². The highest BCUT2D eigenvalue weighted by atomic mass is 14.0. The first-order chi connectivity index (χ1) is 13.2. The van der Waals surface area contributed by atoms with Crippen LogP contribution < -0.4 is 0 Å². The van der Waals surface area contributed by atoms with Gasteiger partial charge in [-0.3, -0.25) is 0 Å². The van der Waals surface area contributed by atoms with Crippen LogP contribution in [-0.2, 0) is 0 Å². The minimum absolute atomic E-state index is 0.685. The number of aryl methyl sites for hydroxylation is 1. The SMILES string of the molecule is CC.CC1C=CC=C1.Cc1ccc(-c2ccc(-c3ccccc3)cc2)cc1. The van der Waals surface area contributed by atoms with E-state index in [0.29, 0.717) is 5.92 Å². The molecule has 0 saturated heterocycles. The molecule has 0 spiro atoms. The van der Waals surface area contributed by atoms with Crippen molar-refractivity contribution in [3.05, 3.63) is 109 Å². The van der Waals surface area contributed by atoms with Crippen LogP contribution in [0.15, 0.2) is 103 Å². The predicted molar refractivity (Wildman–Crippen MR) is 121 cm³/mol. The van der Waals surface area contributed by atoms with Gasteiger partial charge in [0.15, 0.2) is 0 Å². The third-order valence-corrected chi connectivity index (χ3v) is 4.32. The van der Waals surface area contributed by atoms with Crippen molar-refractivity contribution in [2.75, 3.05) is 0 Å². The molecule has 0 unspecified atom stereocenters. The minimum Gasteiger partial charge on any atom is -0.0779 e. The number of benzene rings is 3. The highest BCUT2D eigenvalue weighted by Crippen LogP contribution is 2.24. The standard InChI is InChI=1S/C19H16.C6H8.C2H6/c1-15-7-9-17(10-8-15)19-13-11-18(12-14-19)16-5-3-2-4-6-16;1-6-4-2-3-5-6;1-2/h2-14H,1H3;2-6H,1H3;1-2H3. The van der Waals surface area contributed by atoms with Crippen molar-refractivity contribution < 1.29 is 0 Å². The largest absolute Gasteiger partial charge is 0.0779 e. The van der Waals surface area contributed by atoms with Gasteiger partial charge in [0.2, 0.25) is 0 Å². The van der Waals surface area contributed by atoms with Crippen molar-refractivity contribution in [2.45, 2.75) is 27.7 Å². The highest BCUT2D eigenvalue weighted by molar-refractivity contribution is 5.70. The monoisotopic (exact) mass is 354 g/mol. The molecule has 0 bridgehead atoms. The van der Waals surface area contributed by atoms with Crippen molar-refractivity contribution in [3.63, 3.8) is 0 Å². The van der Waals surface area contributed by atoms with Gasteiger partial charge in [-0.15, -0.1) is 0 Å². The molecule has 3 aromatic rings. The number of hydrogen-bond donors (Lipinski definition) is 0. The van der Waals surface area contributed by atoms with Gasteiger partial charge in [0.05, 0.1) is 0 Å². The fraction of sp³-hybridized carbons (Fsp3) is 0.185. The van der Waals surface area contributed by atoms with E-state index in [4.69, 9.17) is 0 Å². The smallest absolute Gasteiger partial charge is 0.00756 e. The van der Waals surface area contributed by atoms with Crippen LogP contribution >= 0.6 is 0 Å². The molecule has 4 rings (SSSR count). The molecular weight excluding hydrogens is 324 g/mol. The lowest BCUT2D eigenvalue weighted by atomic mass is 10.00. The molecule has 0 N–H and O–H groups in total. The molecular formula is C27H30. The molecule has 1 aliphatic rings. The Kier molecular flexibility index (Phi) is 8.32. The number of hydrogen-bond acceptors (Lipinski definition) is 0. The minimum atomic E-state index is 0.685. The van der Waals surface area contributed by atoms with E-state index in [0.717, 1.165) is 0 Å². The zero-order valence-electron chi connectivity index (χ0n) is 16.9. The lowest BCUT2D eigenvalue weighted by molar-refractivity contribution is 0.958. The first-order valence-corrected chi connectivity index (χ1v) is 9.80. The molecule has 0 amide bonds. The van der Waals surface area contributed by atoms with Gasteiger partial charge < -0.3 is 0 Å². The van der Waals surface area contributed by atoms with Gasteiger partial charge in [0.25, 0.3) is 0 Å². The Morgan fingerprint density at radius 1 is 0.519 bits per heavy atom. The van der Waals surface area contributed by atoms with Crippen LogP contribution in [0, 0.1) is 12.8 Å². The van der Waals surface area contributed by atoms with Crippen molar-refractivity contribution >= 4 is 0 Å². The Hall–Kier alpha value is -2.86. The van der Waals surface area contributed by atoms with Crippen LogP contribution in [0.25, 0.3) is 22.3 Å². The summed E-state index contributed by atoms with van der Waals surface area (Å²) < 4.78 is 0. The molecule has 0 aromatic heterocycles. The maximum atomic E-state index is 2.19. The predicted octanol–water partition coefficient (Wildman–Crippen LogP) is 8.10. The van der Waals surface area contributed by atoms with E-state index in [1.54, 1.807) is 0 Å². The quantitative estimate of drug-likeness (QED) is 0.436. The summed E-state index contributed by atoms with van der Waals surface area (Å²) >= 11 is 0. The average molecular weight is 355 g/mol. The summed E-state index contributed by atoms with van der Waals surface area (Å²) in [7, 11) is 0. The molecule has 1 aliphatic carbocycles. The molecule has 27 heavy (non-hydrogen) atoms. The van der Waals surface area contributed by atoms with Crippen molar-refractivity contribution in [3.8, 4) is 22.3 Å². The second kappa shape index (κ2) is 11.0. The van der Waals surface area contributed by atoms with Crippen LogP contribution in [-0.4, -0.2) is 0 Å². The van der Waals surface area contributed by atoms with Gasteiger partial charge in [-0.05, 0) is 35.1 Å². The summed E-state index contributed by atoms with van der Waals surface area (Å²) in [4.78, 5) is 0. The third kappa shape index (κ3) is 6.42. The Morgan fingerprint density at radius 3 is 1.26 bits per heavy atom. The maximum absolute atomic E-state index is 2.19. The first kappa shape index (κ1) is 20.5. The molecule has 0 fully saturated rings. The summed E-state index contributed by atoms with van der Waals surface area (Å²) in [6.45, 7) is 8.28. The lowest BCUT2D eigenvalue weighted by Crippen LogP contribution is -1.80. The Morgan fingerprint density at radius 2 is 0.889 bits per heavy atom. The second-order valence-corrected chi connectivity index (χ2v) is 6.44. The van der Waals surface area contributed by atoms with E-state index < -0.39 is 0 Å². The van der Waals surface area contributed by atoms with Crippen LogP contribution in [0.2, 0.25) is 0 Å². The van der Waals surface area contributed by atoms with Gasteiger partial charge >= 0.3 is 0 Å². The van der Waals surface area contributed by atoms with E-state index in [-0.39, 0.29) is 0 Å². The second-order valence-electron chi connectivity index (χ2n) is 6.44. The van der Waals surface area contributed by atoms with Gasteiger partial charge in [-0.2, -0.15) is 0 Å². The Balaban J connectivity index is 0.000000275. The average Bonchev–Trinajstić information content (AvgIpc) is 3.22. The molecule has 0 radical (unpaired) electrons. The summed E-state index contributed by atoms with van der Waals surface area (Å²) in [5.74, 6) is 0.685. The number of rotatable bonds is 2. The van der Waals surface area contributed by atoms with Crippen LogP contribution in [0.1, 0.15) is 26.3 Å². The molecule has 0 nitrogen and oxygen atoms in total. The number of allylic oxidation sites excluding steroid dienone is 4. The summed E-state index contributed by atoms with van der Waals surface area (Å²) in [6, 6.07) is 27.9. The maximum Gasteiger partial charge on any atom is -0.00756 e. The van der Waals surface area contributed by atoms with Crippen molar-refractivity contribution in [1.82, 2.24) is 0 Å². The van der Waals surface area contributed by atoms with E-state index in [1.807, 2.05) is 19.9 Å². The molecule has 0 heteroatoms. The van der Waals surface area contributed by atoms with Crippen molar-refractivity contribution in [2.24, 2.45) is 5.92 Å². The summed E-state index contributed by atoms with van der Waals surface area (Å²) in [5, 5.41) is 0. The first-order valence-electron chi connectivity index (χ1n) is 9.80. The fourth-order valence-corrected chi connectivity index (χ4v) is 2.77. The van der Waals surface area contributed by atoms with E-state index >= 15 is 0 Å². The van der Waals surface area contributed by atoms with Crippen LogP contribution in [0.5, 0.6) is 0 Å². The highest BCUT2D eigenvalue weighted by Gasteiger charge is 1.99. The van der Waals surface area contributed by atoms with Gasteiger partial charge in [0, 0.05) is 0 Å². The van der Waals surface area contributed by atoms with Crippen molar-refractivity contribution in [1.29, 1.82) is 0 Å². The van der Waals surface area contributed by atoms with E-state index in [1.165, 1.54) is 27.8 Å². The van der Waals surface area contributed by atoms with Gasteiger partial charge in [0.1, 0.15) is 0 Å². The molecule has 0 saturated carbocycles. The topological polar surface area (TPSA) is 0 Å². The van der Waals surface area contributed by atoms with E-state index in [2.05, 4.69) is 111 Å². The van der Waals surface area contributed by atoms with Gasteiger partial charge in [-0.25, -0.2) is 0 Å². The normalized spacial score (nSPS) is 12.0. The fourth-order valence-electron chi connectivity index (χ4n) is 2.77. The molecule has 0 heterocycles. The summed E-state index contributed by atoms with van der Waals surface area (Å²) in [6.07, 6.45) is 8.48.